The van der Waals surface area contributed by atoms with E-state index in [-0.39, 0.29) is 18.1 Å². The van der Waals surface area contributed by atoms with E-state index in [2.05, 4.69) is 5.32 Å². The lowest BCUT2D eigenvalue weighted by molar-refractivity contribution is -0.145. The molecule has 0 radical (unpaired) electrons. The van der Waals surface area contributed by atoms with E-state index in [1.54, 1.807) is 56.3 Å². The fourth-order valence-corrected chi connectivity index (χ4v) is 4.05. The van der Waals surface area contributed by atoms with Gasteiger partial charge in [-0.3, -0.25) is 19.3 Å². The maximum Gasteiger partial charge on any atom is 0.344 e. The maximum absolute atomic E-state index is 12.8. The van der Waals surface area contributed by atoms with Gasteiger partial charge in [0.15, 0.2) is 18.1 Å². The van der Waals surface area contributed by atoms with Crippen LogP contribution in [-0.2, 0) is 19.1 Å². The van der Waals surface area contributed by atoms with E-state index in [1.165, 1.54) is 6.08 Å². The van der Waals surface area contributed by atoms with Crippen molar-refractivity contribution in [2.75, 3.05) is 31.7 Å². The second-order valence-corrected chi connectivity index (χ2v) is 8.43. The Morgan fingerprint density at radius 3 is 2.54 bits per heavy atom. The summed E-state index contributed by atoms with van der Waals surface area (Å²) in [6, 6.07) is 11.5. The van der Waals surface area contributed by atoms with E-state index in [4.69, 9.17) is 25.8 Å². The smallest absolute Gasteiger partial charge is 0.344 e. The van der Waals surface area contributed by atoms with Crippen molar-refractivity contribution in [2.24, 2.45) is 0 Å². The lowest BCUT2D eigenvalue weighted by Gasteiger charge is -2.13. The van der Waals surface area contributed by atoms with E-state index < -0.39 is 29.6 Å². The van der Waals surface area contributed by atoms with Crippen molar-refractivity contribution in [3.05, 3.63) is 58.0 Å². The largest absolute Gasteiger partial charge is 0.490 e. The van der Waals surface area contributed by atoms with Crippen LogP contribution in [0.25, 0.3) is 6.08 Å². The number of hydrogen-bond donors (Lipinski definition) is 1. The summed E-state index contributed by atoms with van der Waals surface area (Å²) in [5.74, 6) is -0.949. The highest BCUT2D eigenvalue weighted by atomic mass is 35.5. The van der Waals surface area contributed by atoms with Crippen LogP contribution in [0.3, 0.4) is 0 Å². The molecule has 1 aliphatic heterocycles. The predicted octanol–water partition coefficient (Wildman–Crippen LogP) is 4.36. The first-order valence-electron chi connectivity index (χ1n) is 10.7. The Hall–Kier alpha value is -3.50. The molecule has 0 atom stereocenters. The van der Waals surface area contributed by atoms with Gasteiger partial charge in [-0.25, -0.2) is 4.79 Å². The number of esters is 1. The summed E-state index contributed by atoms with van der Waals surface area (Å²) >= 11 is 6.76. The minimum absolute atomic E-state index is 0.156. The van der Waals surface area contributed by atoms with Crippen molar-refractivity contribution >= 4 is 58.1 Å². The van der Waals surface area contributed by atoms with Gasteiger partial charge in [0.2, 0.25) is 5.91 Å². The molecule has 1 saturated heterocycles. The zero-order chi connectivity index (χ0) is 25.4. The van der Waals surface area contributed by atoms with E-state index >= 15 is 0 Å². The monoisotopic (exact) mass is 518 g/mol. The molecule has 0 aliphatic carbocycles. The standard InChI is InChI=1S/C24H23ClN2O7S/c1-3-32-19-11-15(9-10-18(19)34-14-22(29)33-4-2)12-20-23(30)27(24(31)35-20)13-21(28)26-17-8-6-5-7-16(17)25/h5-12H,3-4,13-14H2,1-2H3,(H,26,28)/b20-12+. The molecule has 35 heavy (non-hydrogen) atoms. The summed E-state index contributed by atoms with van der Waals surface area (Å²) in [5.41, 5.74) is 0.957. The van der Waals surface area contributed by atoms with Crippen LogP contribution in [0.1, 0.15) is 19.4 Å². The number of anilines is 1. The van der Waals surface area contributed by atoms with E-state index in [1.807, 2.05) is 0 Å². The van der Waals surface area contributed by atoms with Crippen molar-refractivity contribution < 1.29 is 33.4 Å². The van der Waals surface area contributed by atoms with E-state index in [0.29, 0.717) is 34.4 Å². The number of amides is 3. The van der Waals surface area contributed by atoms with E-state index in [0.717, 1.165) is 16.7 Å². The molecule has 0 saturated carbocycles. The van der Waals surface area contributed by atoms with Crippen LogP contribution >= 0.6 is 23.4 Å². The molecular formula is C24H23ClN2O7S. The summed E-state index contributed by atoms with van der Waals surface area (Å²) < 4.78 is 15.9. The molecule has 3 amide bonds. The van der Waals surface area contributed by atoms with Gasteiger partial charge in [0, 0.05) is 0 Å². The first-order valence-corrected chi connectivity index (χ1v) is 11.9. The van der Waals surface area contributed by atoms with Crippen molar-refractivity contribution in [2.45, 2.75) is 13.8 Å². The van der Waals surface area contributed by atoms with Gasteiger partial charge in [0.05, 0.1) is 28.8 Å². The third kappa shape index (κ3) is 7.00. The third-order valence-corrected chi connectivity index (χ3v) is 5.78. The van der Waals surface area contributed by atoms with Crippen molar-refractivity contribution in [3.8, 4) is 11.5 Å². The van der Waals surface area contributed by atoms with Crippen molar-refractivity contribution in [1.82, 2.24) is 4.90 Å². The Morgan fingerprint density at radius 2 is 1.83 bits per heavy atom. The Balaban J connectivity index is 1.70. The molecule has 1 fully saturated rings. The Morgan fingerprint density at radius 1 is 1.06 bits per heavy atom. The average Bonchev–Trinajstić information content (AvgIpc) is 3.07. The Bertz CT molecular complexity index is 1170. The molecule has 3 rings (SSSR count). The van der Waals surface area contributed by atoms with Crippen molar-refractivity contribution in [1.29, 1.82) is 0 Å². The van der Waals surface area contributed by atoms with Crippen LogP contribution in [0.5, 0.6) is 11.5 Å². The highest BCUT2D eigenvalue weighted by Gasteiger charge is 2.36. The van der Waals surface area contributed by atoms with Gasteiger partial charge in [0.25, 0.3) is 11.1 Å². The number of para-hydroxylation sites is 1. The predicted molar refractivity (Wildman–Crippen MR) is 132 cm³/mol. The summed E-state index contributed by atoms with van der Waals surface area (Å²) in [7, 11) is 0. The molecule has 0 aromatic heterocycles. The van der Waals surface area contributed by atoms with Crippen LogP contribution in [0.2, 0.25) is 5.02 Å². The molecule has 2 aromatic rings. The number of benzene rings is 2. The lowest BCUT2D eigenvalue weighted by Crippen LogP contribution is -2.36. The normalized spacial score (nSPS) is 14.3. The maximum atomic E-state index is 12.8. The number of hydrogen-bond acceptors (Lipinski definition) is 8. The number of thioether (sulfide) groups is 1. The van der Waals surface area contributed by atoms with Gasteiger partial charge >= 0.3 is 5.97 Å². The number of nitrogens with zero attached hydrogens (tertiary/aromatic N) is 1. The number of halogens is 1. The zero-order valence-electron chi connectivity index (χ0n) is 19.0. The molecule has 0 spiro atoms. The summed E-state index contributed by atoms with van der Waals surface area (Å²) in [6.45, 7) is 3.36. The van der Waals surface area contributed by atoms with Crippen LogP contribution in [-0.4, -0.2) is 54.3 Å². The van der Waals surface area contributed by atoms with Crippen LogP contribution in [0, 0.1) is 0 Å². The number of imide groups is 1. The Kier molecular flexibility index (Phi) is 9.16. The lowest BCUT2D eigenvalue weighted by atomic mass is 10.2. The summed E-state index contributed by atoms with van der Waals surface area (Å²) in [6.07, 6.45) is 1.52. The first-order chi connectivity index (χ1) is 16.8. The van der Waals surface area contributed by atoms with Gasteiger partial charge < -0.3 is 19.5 Å². The fourth-order valence-electron chi connectivity index (χ4n) is 3.02. The average molecular weight is 519 g/mol. The molecule has 184 valence electrons. The van der Waals surface area contributed by atoms with Crippen molar-refractivity contribution in [3.63, 3.8) is 0 Å². The van der Waals surface area contributed by atoms with Crippen LogP contribution in [0.15, 0.2) is 47.4 Å². The van der Waals surface area contributed by atoms with Gasteiger partial charge in [-0.2, -0.15) is 0 Å². The second-order valence-electron chi connectivity index (χ2n) is 7.03. The van der Waals surface area contributed by atoms with Gasteiger partial charge in [0.1, 0.15) is 6.54 Å². The molecule has 0 unspecified atom stereocenters. The third-order valence-electron chi connectivity index (χ3n) is 4.54. The highest BCUT2D eigenvalue weighted by Crippen LogP contribution is 2.34. The van der Waals surface area contributed by atoms with E-state index in [9.17, 15) is 19.2 Å². The second kappa shape index (κ2) is 12.3. The molecule has 1 N–H and O–H groups in total. The molecule has 11 heteroatoms. The molecular weight excluding hydrogens is 496 g/mol. The quantitative estimate of drug-likeness (QED) is 0.365. The minimum Gasteiger partial charge on any atom is -0.490 e. The van der Waals surface area contributed by atoms with Gasteiger partial charge in [-0.05, 0) is 61.5 Å². The highest BCUT2D eigenvalue weighted by molar-refractivity contribution is 8.18. The topological polar surface area (TPSA) is 111 Å². The minimum atomic E-state index is -0.588. The summed E-state index contributed by atoms with van der Waals surface area (Å²) in [4.78, 5) is 50.2. The van der Waals surface area contributed by atoms with Crippen LogP contribution < -0.4 is 14.8 Å². The number of ether oxygens (including phenoxy) is 3. The fraction of sp³-hybridized carbons (Fsp3) is 0.250. The number of carbonyl (C=O) groups excluding carboxylic acids is 4. The van der Waals surface area contributed by atoms with Crippen LogP contribution in [0.4, 0.5) is 10.5 Å². The molecule has 2 aromatic carbocycles. The molecule has 1 aliphatic rings. The van der Waals surface area contributed by atoms with Gasteiger partial charge in [-0.1, -0.05) is 29.8 Å². The zero-order valence-corrected chi connectivity index (χ0v) is 20.6. The molecule has 1 heterocycles. The first kappa shape index (κ1) is 26.1. The number of carbonyl (C=O) groups is 4. The SMILES string of the molecule is CCOC(=O)COc1ccc(/C=C2/SC(=O)N(CC(=O)Nc3ccccc3Cl)C2=O)cc1OCC. The summed E-state index contributed by atoms with van der Waals surface area (Å²) in [5, 5.41) is 2.37. The number of nitrogens with one attached hydrogen (secondary N) is 1. The number of rotatable bonds is 10. The molecule has 9 nitrogen and oxygen atoms in total. The Labute approximate surface area is 211 Å². The molecule has 0 bridgehead atoms. The van der Waals surface area contributed by atoms with Gasteiger partial charge in [-0.15, -0.1) is 0 Å².